The zero-order chi connectivity index (χ0) is 13.4. The summed E-state index contributed by atoms with van der Waals surface area (Å²) in [5.74, 6) is 1.12. The Morgan fingerprint density at radius 3 is 2.56 bits per heavy atom. The second-order valence-corrected chi connectivity index (χ2v) is 4.77. The van der Waals surface area contributed by atoms with Crippen LogP contribution in [0.1, 0.15) is 36.5 Å². The lowest BCUT2D eigenvalue weighted by Crippen LogP contribution is -2.29. The molecule has 1 amide bonds. The molecule has 1 unspecified atom stereocenters. The number of halogens is 1. The Morgan fingerprint density at radius 1 is 1.33 bits per heavy atom. The number of carbonyl (C=O) groups is 1. The van der Waals surface area contributed by atoms with Gasteiger partial charge in [-0.3, -0.25) is 4.79 Å². The average Bonchev–Trinajstić information content (AvgIpc) is 2.37. The zero-order valence-corrected chi connectivity index (χ0v) is 11.4. The summed E-state index contributed by atoms with van der Waals surface area (Å²) >= 11 is 5.74. The number of carbonyl (C=O) groups excluding carboxylic acids is 1. The second-order valence-electron chi connectivity index (χ2n) is 4.39. The highest BCUT2D eigenvalue weighted by Gasteiger charge is 2.10. The fraction of sp³-hybridized carbons (Fsp3) is 0.500. The molecule has 1 aromatic carbocycles. The summed E-state index contributed by atoms with van der Waals surface area (Å²) in [6.07, 6.45) is 3.09. The van der Waals surface area contributed by atoms with Crippen LogP contribution < -0.4 is 5.32 Å². The first kappa shape index (κ1) is 14.8. The van der Waals surface area contributed by atoms with Gasteiger partial charge in [0.05, 0.1) is 0 Å². The number of amides is 1. The molecule has 0 aliphatic heterocycles. The van der Waals surface area contributed by atoms with Gasteiger partial charge in [0.1, 0.15) is 5.75 Å². The van der Waals surface area contributed by atoms with E-state index in [-0.39, 0.29) is 11.7 Å². The predicted octanol–water partition coefficient (Wildman–Crippen LogP) is 3.17. The van der Waals surface area contributed by atoms with Gasteiger partial charge < -0.3 is 10.4 Å². The van der Waals surface area contributed by atoms with Crippen LogP contribution in [0.4, 0.5) is 0 Å². The lowest BCUT2D eigenvalue weighted by atomic mass is 10.0. The van der Waals surface area contributed by atoms with Crippen molar-refractivity contribution in [1.82, 2.24) is 5.32 Å². The summed E-state index contributed by atoms with van der Waals surface area (Å²) in [6, 6.07) is 6.25. The van der Waals surface area contributed by atoms with Crippen LogP contribution in [0, 0.1) is 5.92 Å². The standard InChI is InChI=1S/C14H20ClNO2/c1-2-3-11(8-9-15)10-16-14(18)12-4-6-13(17)7-5-12/h4-7,11,17H,2-3,8-10H2,1H3,(H,16,18). The molecule has 0 fully saturated rings. The van der Waals surface area contributed by atoms with E-state index >= 15 is 0 Å². The smallest absolute Gasteiger partial charge is 0.251 e. The van der Waals surface area contributed by atoms with Crippen LogP contribution in [0.15, 0.2) is 24.3 Å². The molecule has 0 aliphatic carbocycles. The molecule has 0 saturated carbocycles. The van der Waals surface area contributed by atoms with Gasteiger partial charge in [0.25, 0.3) is 5.91 Å². The van der Waals surface area contributed by atoms with Crippen LogP contribution in [0.3, 0.4) is 0 Å². The topological polar surface area (TPSA) is 49.3 Å². The number of phenolic OH excluding ortho intramolecular Hbond substituents is 1. The quantitative estimate of drug-likeness (QED) is 0.747. The summed E-state index contributed by atoms with van der Waals surface area (Å²) in [7, 11) is 0. The van der Waals surface area contributed by atoms with Gasteiger partial charge in [0, 0.05) is 18.0 Å². The Balaban J connectivity index is 2.46. The van der Waals surface area contributed by atoms with E-state index in [0.29, 0.717) is 23.9 Å². The van der Waals surface area contributed by atoms with Crippen molar-refractivity contribution in [3.63, 3.8) is 0 Å². The van der Waals surface area contributed by atoms with E-state index < -0.39 is 0 Å². The molecule has 18 heavy (non-hydrogen) atoms. The molecule has 4 heteroatoms. The van der Waals surface area contributed by atoms with Crippen LogP contribution in [-0.2, 0) is 0 Å². The lowest BCUT2D eigenvalue weighted by Gasteiger charge is -2.15. The van der Waals surface area contributed by atoms with Crippen LogP contribution >= 0.6 is 11.6 Å². The zero-order valence-electron chi connectivity index (χ0n) is 10.7. The molecule has 1 aromatic rings. The van der Waals surface area contributed by atoms with E-state index in [0.717, 1.165) is 19.3 Å². The number of aromatic hydroxyl groups is 1. The lowest BCUT2D eigenvalue weighted by molar-refractivity contribution is 0.0946. The van der Waals surface area contributed by atoms with E-state index in [9.17, 15) is 4.79 Å². The van der Waals surface area contributed by atoms with Gasteiger partial charge in [-0.15, -0.1) is 11.6 Å². The normalized spacial score (nSPS) is 12.1. The number of nitrogens with one attached hydrogen (secondary N) is 1. The molecule has 0 saturated heterocycles. The van der Waals surface area contributed by atoms with Crippen molar-refractivity contribution in [3.8, 4) is 5.75 Å². The Kier molecular flexibility index (Phi) is 6.58. The van der Waals surface area contributed by atoms with Crippen LogP contribution in [0.5, 0.6) is 5.75 Å². The fourth-order valence-electron chi connectivity index (χ4n) is 1.86. The minimum atomic E-state index is -0.106. The Hall–Kier alpha value is -1.22. The highest BCUT2D eigenvalue weighted by molar-refractivity contribution is 6.17. The van der Waals surface area contributed by atoms with Gasteiger partial charge in [0.2, 0.25) is 0 Å². The first-order valence-electron chi connectivity index (χ1n) is 6.30. The maximum absolute atomic E-state index is 11.8. The highest BCUT2D eigenvalue weighted by Crippen LogP contribution is 2.12. The molecule has 0 aliphatic rings. The Labute approximate surface area is 113 Å². The predicted molar refractivity (Wildman–Crippen MR) is 74.2 cm³/mol. The summed E-state index contributed by atoms with van der Waals surface area (Å²) in [6.45, 7) is 2.78. The van der Waals surface area contributed by atoms with Gasteiger partial charge >= 0.3 is 0 Å². The van der Waals surface area contributed by atoms with Gasteiger partial charge in [-0.1, -0.05) is 13.3 Å². The van der Waals surface area contributed by atoms with Crippen molar-refractivity contribution >= 4 is 17.5 Å². The molecule has 0 bridgehead atoms. The van der Waals surface area contributed by atoms with E-state index in [4.69, 9.17) is 16.7 Å². The number of rotatable bonds is 7. The monoisotopic (exact) mass is 269 g/mol. The maximum atomic E-state index is 11.8. The second kappa shape index (κ2) is 7.98. The minimum absolute atomic E-state index is 0.106. The van der Waals surface area contributed by atoms with Gasteiger partial charge in [0.15, 0.2) is 0 Å². The van der Waals surface area contributed by atoms with Crippen molar-refractivity contribution < 1.29 is 9.90 Å². The number of benzene rings is 1. The largest absolute Gasteiger partial charge is 0.508 e. The molecule has 0 aromatic heterocycles. The van der Waals surface area contributed by atoms with Gasteiger partial charge in [-0.05, 0) is 43.0 Å². The van der Waals surface area contributed by atoms with E-state index in [1.807, 2.05) is 0 Å². The molecule has 3 nitrogen and oxygen atoms in total. The highest BCUT2D eigenvalue weighted by atomic mass is 35.5. The third kappa shape index (κ3) is 4.96. The van der Waals surface area contributed by atoms with Crippen molar-refractivity contribution in [2.45, 2.75) is 26.2 Å². The number of hydrogen-bond acceptors (Lipinski definition) is 2. The Bertz CT molecular complexity index is 359. The molecule has 100 valence electrons. The van der Waals surface area contributed by atoms with Crippen LogP contribution in [-0.4, -0.2) is 23.4 Å². The SMILES string of the molecule is CCCC(CCCl)CNC(=O)c1ccc(O)cc1. The number of alkyl halides is 1. The molecule has 0 heterocycles. The van der Waals surface area contributed by atoms with Crippen LogP contribution in [0.25, 0.3) is 0 Å². The van der Waals surface area contributed by atoms with Crippen molar-refractivity contribution in [1.29, 1.82) is 0 Å². The fourth-order valence-corrected chi connectivity index (χ4v) is 2.17. The molecule has 1 rings (SSSR count). The maximum Gasteiger partial charge on any atom is 0.251 e. The summed E-state index contributed by atoms with van der Waals surface area (Å²) < 4.78 is 0. The molecule has 2 N–H and O–H groups in total. The first-order valence-corrected chi connectivity index (χ1v) is 6.84. The van der Waals surface area contributed by atoms with Crippen molar-refractivity contribution in [3.05, 3.63) is 29.8 Å². The molecular weight excluding hydrogens is 250 g/mol. The van der Waals surface area contributed by atoms with E-state index in [1.54, 1.807) is 12.1 Å². The summed E-state index contributed by atoms with van der Waals surface area (Å²) in [5.41, 5.74) is 0.564. The molecule has 0 spiro atoms. The third-order valence-electron chi connectivity index (χ3n) is 2.90. The van der Waals surface area contributed by atoms with Gasteiger partial charge in [-0.2, -0.15) is 0 Å². The number of hydrogen-bond donors (Lipinski definition) is 2. The number of phenols is 1. The minimum Gasteiger partial charge on any atom is -0.508 e. The van der Waals surface area contributed by atoms with E-state index in [1.165, 1.54) is 12.1 Å². The molecule has 1 atom stereocenters. The van der Waals surface area contributed by atoms with Crippen LogP contribution in [0.2, 0.25) is 0 Å². The molecule has 0 radical (unpaired) electrons. The summed E-state index contributed by atoms with van der Waals surface area (Å²) in [5, 5.41) is 12.1. The first-order chi connectivity index (χ1) is 8.67. The summed E-state index contributed by atoms with van der Waals surface area (Å²) in [4.78, 5) is 11.8. The third-order valence-corrected chi connectivity index (χ3v) is 3.11. The van der Waals surface area contributed by atoms with Crippen molar-refractivity contribution in [2.75, 3.05) is 12.4 Å². The van der Waals surface area contributed by atoms with Crippen molar-refractivity contribution in [2.24, 2.45) is 5.92 Å². The van der Waals surface area contributed by atoms with E-state index in [2.05, 4.69) is 12.2 Å². The Morgan fingerprint density at radius 2 is 2.00 bits per heavy atom. The average molecular weight is 270 g/mol. The molecular formula is C14H20ClNO2. The van der Waals surface area contributed by atoms with Gasteiger partial charge in [-0.25, -0.2) is 0 Å².